The summed E-state index contributed by atoms with van der Waals surface area (Å²) in [5, 5.41) is 3.10. The quantitative estimate of drug-likeness (QED) is 0.583. The first-order valence-electron chi connectivity index (χ1n) is 10.8. The molecule has 1 N–H and O–H groups in total. The van der Waals surface area contributed by atoms with Gasteiger partial charge in [0.1, 0.15) is 18.0 Å². The lowest BCUT2D eigenvalue weighted by molar-refractivity contribution is -0.125. The summed E-state index contributed by atoms with van der Waals surface area (Å²) < 4.78 is 13.2. The van der Waals surface area contributed by atoms with Gasteiger partial charge in [-0.05, 0) is 55.5 Å². The number of amides is 1. The second kappa shape index (κ2) is 10.2. The number of hydrogen-bond donors (Lipinski definition) is 1. The van der Waals surface area contributed by atoms with Crippen LogP contribution >= 0.6 is 0 Å². The van der Waals surface area contributed by atoms with Crippen LogP contribution < -0.4 is 10.2 Å². The standard InChI is InChI=1S/C25H27FN4O/c26-22-10-8-20(9-11-22)23-17-24(29-18-28-23)30-15-12-21(13-16-30)25(31)27-14-4-7-19-5-2-1-3-6-19/h1-3,5-6,8-11,17-18,21H,4,7,12-16H2,(H,27,31). The Kier molecular flexibility index (Phi) is 6.87. The van der Waals surface area contributed by atoms with E-state index in [9.17, 15) is 9.18 Å². The Morgan fingerprint density at radius 2 is 1.77 bits per heavy atom. The van der Waals surface area contributed by atoms with Gasteiger partial charge >= 0.3 is 0 Å². The van der Waals surface area contributed by atoms with Crippen molar-refractivity contribution in [3.8, 4) is 11.3 Å². The van der Waals surface area contributed by atoms with E-state index < -0.39 is 0 Å². The highest BCUT2D eigenvalue weighted by Gasteiger charge is 2.25. The van der Waals surface area contributed by atoms with Crippen molar-refractivity contribution in [2.75, 3.05) is 24.5 Å². The lowest BCUT2D eigenvalue weighted by Crippen LogP contribution is -2.41. The summed E-state index contributed by atoms with van der Waals surface area (Å²) in [4.78, 5) is 23.4. The van der Waals surface area contributed by atoms with Gasteiger partial charge in [-0.15, -0.1) is 0 Å². The molecule has 1 aromatic heterocycles. The first kappa shape index (κ1) is 21.0. The zero-order valence-corrected chi connectivity index (χ0v) is 17.5. The number of benzene rings is 2. The van der Waals surface area contributed by atoms with Crippen LogP contribution in [0, 0.1) is 11.7 Å². The van der Waals surface area contributed by atoms with Gasteiger partial charge in [-0.25, -0.2) is 14.4 Å². The molecule has 0 bridgehead atoms. The van der Waals surface area contributed by atoms with Crippen LogP contribution in [0.5, 0.6) is 0 Å². The highest BCUT2D eigenvalue weighted by molar-refractivity contribution is 5.79. The topological polar surface area (TPSA) is 58.1 Å². The molecule has 0 radical (unpaired) electrons. The summed E-state index contributed by atoms with van der Waals surface area (Å²) in [6.45, 7) is 2.27. The molecule has 0 aliphatic carbocycles. The maximum Gasteiger partial charge on any atom is 0.223 e. The van der Waals surface area contributed by atoms with Crippen LogP contribution in [0.15, 0.2) is 67.0 Å². The zero-order valence-electron chi connectivity index (χ0n) is 17.5. The van der Waals surface area contributed by atoms with Crippen molar-refractivity contribution in [2.24, 2.45) is 5.92 Å². The summed E-state index contributed by atoms with van der Waals surface area (Å²) in [5.41, 5.74) is 2.92. The van der Waals surface area contributed by atoms with E-state index in [0.717, 1.165) is 55.8 Å². The van der Waals surface area contributed by atoms with Crippen molar-refractivity contribution < 1.29 is 9.18 Å². The van der Waals surface area contributed by atoms with E-state index in [0.29, 0.717) is 6.54 Å². The number of hydrogen-bond acceptors (Lipinski definition) is 4. The number of piperidine rings is 1. The summed E-state index contributed by atoms with van der Waals surface area (Å²) in [6, 6.07) is 18.6. The van der Waals surface area contributed by atoms with Gasteiger partial charge in [-0.2, -0.15) is 0 Å². The molecule has 31 heavy (non-hydrogen) atoms. The second-order valence-electron chi connectivity index (χ2n) is 7.91. The van der Waals surface area contributed by atoms with Gasteiger partial charge in [0.05, 0.1) is 5.69 Å². The average molecular weight is 419 g/mol. The summed E-state index contributed by atoms with van der Waals surface area (Å²) in [7, 11) is 0. The summed E-state index contributed by atoms with van der Waals surface area (Å²) >= 11 is 0. The van der Waals surface area contributed by atoms with E-state index in [-0.39, 0.29) is 17.6 Å². The molecule has 0 spiro atoms. The maximum atomic E-state index is 13.2. The number of halogens is 1. The van der Waals surface area contributed by atoms with Crippen LogP contribution in [-0.4, -0.2) is 35.5 Å². The number of aryl methyl sites for hydroxylation is 1. The molecule has 1 aliphatic heterocycles. The third-order valence-corrected chi connectivity index (χ3v) is 5.77. The lowest BCUT2D eigenvalue weighted by atomic mass is 9.95. The van der Waals surface area contributed by atoms with Crippen LogP contribution in [0.3, 0.4) is 0 Å². The monoisotopic (exact) mass is 418 g/mol. The van der Waals surface area contributed by atoms with Crippen molar-refractivity contribution in [1.29, 1.82) is 0 Å². The lowest BCUT2D eigenvalue weighted by Gasteiger charge is -2.32. The highest BCUT2D eigenvalue weighted by Crippen LogP contribution is 2.25. The molecule has 5 nitrogen and oxygen atoms in total. The van der Waals surface area contributed by atoms with E-state index in [1.807, 2.05) is 24.3 Å². The Labute approximate surface area is 182 Å². The SMILES string of the molecule is O=C(NCCCc1ccccc1)C1CCN(c2cc(-c3ccc(F)cc3)ncn2)CC1. The normalized spacial score (nSPS) is 14.4. The molecule has 4 rings (SSSR count). The third kappa shape index (κ3) is 5.66. The van der Waals surface area contributed by atoms with Crippen LogP contribution in [0.25, 0.3) is 11.3 Å². The minimum Gasteiger partial charge on any atom is -0.356 e. The fourth-order valence-corrected chi connectivity index (χ4v) is 3.96. The zero-order chi connectivity index (χ0) is 21.5. The Morgan fingerprint density at radius 1 is 1.03 bits per heavy atom. The van der Waals surface area contributed by atoms with E-state index in [2.05, 4.69) is 32.3 Å². The molecule has 1 amide bonds. The minimum absolute atomic E-state index is 0.0476. The predicted molar refractivity (Wildman–Crippen MR) is 120 cm³/mol. The highest BCUT2D eigenvalue weighted by atomic mass is 19.1. The fourth-order valence-electron chi connectivity index (χ4n) is 3.96. The summed E-state index contributed by atoms with van der Waals surface area (Å²) in [5.74, 6) is 0.781. The number of carbonyl (C=O) groups is 1. The fraction of sp³-hybridized carbons (Fsp3) is 0.320. The first-order valence-corrected chi connectivity index (χ1v) is 10.8. The molecule has 160 valence electrons. The van der Waals surface area contributed by atoms with Gasteiger partial charge < -0.3 is 10.2 Å². The molecule has 2 heterocycles. The molecular weight excluding hydrogens is 391 g/mol. The van der Waals surface area contributed by atoms with E-state index >= 15 is 0 Å². The molecular formula is C25H27FN4O. The van der Waals surface area contributed by atoms with Crippen LogP contribution in [0.2, 0.25) is 0 Å². The largest absolute Gasteiger partial charge is 0.356 e. The first-order chi connectivity index (χ1) is 15.2. The van der Waals surface area contributed by atoms with Crippen molar-refractivity contribution in [3.63, 3.8) is 0 Å². The Bertz CT molecular complexity index is 986. The average Bonchev–Trinajstić information content (AvgIpc) is 2.83. The van der Waals surface area contributed by atoms with Crippen LogP contribution in [0.4, 0.5) is 10.2 Å². The number of carbonyl (C=O) groups excluding carboxylic acids is 1. The van der Waals surface area contributed by atoms with E-state index in [1.165, 1.54) is 17.7 Å². The Balaban J connectivity index is 1.25. The van der Waals surface area contributed by atoms with Gasteiger partial charge in [0.2, 0.25) is 5.91 Å². The molecule has 0 unspecified atom stereocenters. The van der Waals surface area contributed by atoms with Gasteiger partial charge in [0.15, 0.2) is 0 Å². The number of anilines is 1. The number of aromatic nitrogens is 2. The van der Waals surface area contributed by atoms with E-state index in [1.54, 1.807) is 18.5 Å². The maximum absolute atomic E-state index is 13.2. The number of nitrogens with one attached hydrogen (secondary N) is 1. The second-order valence-corrected chi connectivity index (χ2v) is 7.91. The van der Waals surface area contributed by atoms with Gasteiger partial charge in [0, 0.05) is 37.2 Å². The van der Waals surface area contributed by atoms with E-state index in [4.69, 9.17) is 0 Å². The van der Waals surface area contributed by atoms with Gasteiger partial charge in [0.25, 0.3) is 0 Å². The Hall–Kier alpha value is -3.28. The van der Waals surface area contributed by atoms with Crippen molar-refractivity contribution in [3.05, 3.63) is 78.4 Å². The van der Waals surface area contributed by atoms with Crippen LogP contribution in [-0.2, 0) is 11.2 Å². The molecule has 2 aromatic carbocycles. The molecule has 0 atom stereocenters. The number of rotatable bonds is 7. The minimum atomic E-state index is -0.265. The molecule has 1 aliphatic rings. The molecule has 1 fully saturated rings. The van der Waals surface area contributed by atoms with Crippen molar-refractivity contribution >= 4 is 11.7 Å². The van der Waals surface area contributed by atoms with Gasteiger partial charge in [-0.1, -0.05) is 30.3 Å². The molecule has 6 heteroatoms. The molecule has 3 aromatic rings. The van der Waals surface area contributed by atoms with Gasteiger partial charge in [-0.3, -0.25) is 4.79 Å². The predicted octanol–water partition coefficient (Wildman–Crippen LogP) is 4.25. The smallest absolute Gasteiger partial charge is 0.223 e. The molecule has 1 saturated heterocycles. The summed E-state index contributed by atoms with van der Waals surface area (Å²) in [6.07, 6.45) is 5.08. The number of nitrogens with zero attached hydrogens (tertiary/aromatic N) is 3. The molecule has 0 saturated carbocycles. The Morgan fingerprint density at radius 3 is 2.52 bits per heavy atom. The van der Waals surface area contributed by atoms with Crippen LogP contribution in [0.1, 0.15) is 24.8 Å². The van der Waals surface area contributed by atoms with Crippen molar-refractivity contribution in [1.82, 2.24) is 15.3 Å². The third-order valence-electron chi connectivity index (χ3n) is 5.77. The van der Waals surface area contributed by atoms with Crippen molar-refractivity contribution in [2.45, 2.75) is 25.7 Å².